The molecule has 1 unspecified atom stereocenters. The molecule has 114 valence electrons. The van der Waals surface area contributed by atoms with Crippen LogP contribution in [0.25, 0.3) is 0 Å². The summed E-state index contributed by atoms with van der Waals surface area (Å²) in [6.45, 7) is 4.39. The van der Waals surface area contributed by atoms with Crippen LogP contribution in [-0.2, 0) is 9.53 Å². The first-order chi connectivity index (χ1) is 10.1. The third-order valence-corrected chi connectivity index (χ3v) is 2.86. The van der Waals surface area contributed by atoms with Crippen LogP contribution in [0.15, 0.2) is 35.4 Å². The maximum atomic E-state index is 11.6. The van der Waals surface area contributed by atoms with Crippen molar-refractivity contribution in [2.45, 2.75) is 26.3 Å². The lowest BCUT2D eigenvalue weighted by molar-refractivity contribution is -0.503. The molecule has 0 amide bonds. The number of nitro groups is 1. The predicted octanol–water partition coefficient (Wildman–Crippen LogP) is 2.10. The first-order valence-corrected chi connectivity index (χ1v) is 6.76. The van der Waals surface area contributed by atoms with Crippen LogP contribution >= 0.6 is 0 Å². The van der Waals surface area contributed by atoms with E-state index in [9.17, 15) is 14.9 Å². The Morgan fingerprint density at radius 2 is 2.00 bits per heavy atom. The summed E-state index contributed by atoms with van der Waals surface area (Å²) < 4.78 is 4.55. The number of rotatable bonds is 3. The fourth-order valence-electron chi connectivity index (χ4n) is 1.90. The zero-order chi connectivity index (χ0) is 15.8. The summed E-state index contributed by atoms with van der Waals surface area (Å²) in [6, 6.07) is 8.07. The molecule has 0 saturated heterocycles. The third-order valence-electron chi connectivity index (χ3n) is 2.86. The van der Waals surface area contributed by atoms with Crippen LogP contribution in [-0.4, -0.2) is 36.3 Å². The van der Waals surface area contributed by atoms with Crippen LogP contribution in [0.5, 0.6) is 0 Å². The molecule has 1 aromatic rings. The molecule has 7 heteroatoms. The van der Waals surface area contributed by atoms with Crippen LogP contribution in [0.2, 0.25) is 0 Å². The molecule has 0 bridgehead atoms. The first-order valence-electron chi connectivity index (χ1n) is 6.76. The molecule has 0 aromatic heterocycles. The molecule has 1 atom stereocenters. The van der Waals surface area contributed by atoms with E-state index in [2.05, 4.69) is 9.84 Å². The number of hydrogen-bond donors (Lipinski definition) is 0. The molecule has 1 aromatic carbocycles. The lowest BCUT2D eigenvalue weighted by Gasteiger charge is -2.25. The molecule has 0 fully saturated rings. The first kappa shape index (κ1) is 16.6. The Bertz CT molecular complexity index is 516. The average Bonchev–Trinajstić information content (AvgIpc) is 2.56. The van der Waals surface area contributed by atoms with Crippen LogP contribution in [0.4, 0.5) is 5.69 Å². The van der Waals surface area contributed by atoms with E-state index in [0.29, 0.717) is 6.54 Å². The van der Waals surface area contributed by atoms with Gasteiger partial charge in [0.1, 0.15) is 0 Å². The molecule has 0 aliphatic carbocycles. The number of benzene rings is 1. The monoisotopic (exact) mass is 293 g/mol. The number of anilines is 1. The molecule has 21 heavy (non-hydrogen) atoms. The fourth-order valence-corrected chi connectivity index (χ4v) is 1.90. The Balaban J connectivity index is 0.00000106. The fraction of sp³-hybridized carbons (Fsp3) is 0.429. The van der Waals surface area contributed by atoms with Gasteiger partial charge in [0, 0.05) is 17.9 Å². The van der Waals surface area contributed by atoms with E-state index in [4.69, 9.17) is 0 Å². The lowest BCUT2D eigenvalue weighted by Crippen LogP contribution is -2.44. The highest BCUT2D eigenvalue weighted by atomic mass is 16.6. The largest absolute Gasteiger partial charge is 0.464 e. The van der Waals surface area contributed by atoms with E-state index in [0.717, 1.165) is 5.69 Å². The maximum Gasteiger partial charge on any atom is 0.361 e. The number of nitrogens with zero attached hydrogens (tertiary/aromatic N) is 3. The third kappa shape index (κ3) is 4.01. The van der Waals surface area contributed by atoms with Crippen molar-refractivity contribution in [1.82, 2.24) is 0 Å². The van der Waals surface area contributed by atoms with Gasteiger partial charge in [0.15, 0.2) is 0 Å². The minimum Gasteiger partial charge on any atom is -0.464 e. The molecule has 0 saturated carbocycles. The molecule has 1 aliphatic heterocycles. The summed E-state index contributed by atoms with van der Waals surface area (Å²) in [5.74, 6) is -0.762. The molecule has 0 N–H and O–H groups in total. The van der Waals surface area contributed by atoms with Crippen LogP contribution in [0, 0.1) is 10.1 Å². The average molecular weight is 293 g/mol. The van der Waals surface area contributed by atoms with E-state index in [-0.39, 0.29) is 12.1 Å². The molecule has 0 radical (unpaired) electrons. The van der Waals surface area contributed by atoms with Gasteiger partial charge in [-0.05, 0) is 12.1 Å². The van der Waals surface area contributed by atoms with Gasteiger partial charge in [0.25, 0.3) is 6.04 Å². The van der Waals surface area contributed by atoms with Gasteiger partial charge < -0.3 is 4.74 Å². The zero-order valence-electron chi connectivity index (χ0n) is 12.4. The van der Waals surface area contributed by atoms with Crippen molar-refractivity contribution in [2.75, 3.05) is 18.7 Å². The van der Waals surface area contributed by atoms with Crippen molar-refractivity contribution in [2.24, 2.45) is 5.10 Å². The van der Waals surface area contributed by atoms with Crippen molar-refractivity contribution >= 4 is 17.4 Å². The number of carbonyl (C=O) groups excluding carboxylic acids is 1. The van der Waals surface area contributed by atoms with Gasteiger partial charge in [-0.3, -0.25) is 15.1 Å². The van der Waals surface area contributed by atoms with Crippen LogP contribution < -0.4 is 5.01 Å². The van der Waals surface area contributed by atoms with Gasteiger partial charge in [-0.25, -0.2) is 4.79 Å². The number of esters is 1. The number of hydrogen-bond acceptors (Lipinski definition) is 6. The predicted molar refractivity (Wildman–Crippen MR) is 80.0 cm³/mol. The minimum absolute atomic E-state index is 0.164. The Kier molecular flexibility index (Phi) is 6.32. The van der Waals surface area contributed by atoms with Gasteiger partial charge >= 0.3 is 5.97 Å². The number of ether oxygens (including phenoxy) is 1. The second kappa shape index (κ2) is 7.98. The van der Waals surface area contributed by atoms with Gasteiger partial charge in [-0.2, -0.15) is 5.10 Å². The highest BCUT2D eigenvalue weighted by Crippen LogP contribution is 2.20. The van der Waals surface area contributed by atoms with Crippen LogP contribution in [0.3, 0.4) is 0 Å². The van der Waals surface area contributed by atoms with Crippen molar-refractivity contribution in [3.8, 4) is 0 Å². The van der Waals surface area contributed by atoms with Gasteiger partial charge in [-0.1, -0.05) is 32.0 Å². The summed E-state index contributed by atoms with van der Waals surface area (Å²) in [6.07, 6.45) is 0.218. The second-order valence-electron chi connectivity index (χ2n) is 4.03. The number of methoxy groups -OCH3 is 1. The van der Waals surface area contributed by atoms with Crippen molar-refractivity contribution < 1.29 is 14.5 Å². The molecule has 1 heterocycles. The SMILES string of the molecule is CC.COC(=O)C1=NN(c2ccccc2)CCC1[N+](=O)[O-]. The highest BCUT2D eigenvalue weighted by molar-refractivity contribution is 6.38. The van der Waals surface area contributed by atoms with Gasteiger partial charge in [0.05, 0.1) is 12.8 Å². The van der Waals surface area contributed by atoms with E-state index < -0.39 is 16.9 Å². The number of para-hydroxylation sites is 1. The summed E-state index contributed by atoms with van der Waals surface area (Å²) in [5, 5.41) is 16.6. The van der Waals surface area contributed by atoms with Crippen molar-refractivity contribution in [1.29, 1.82) is 0 Å². The molecule has 1 aliphatic rings. The van der Waals surface area contributed by atoms with E-state index in [1.54, 1.807) is 5.01 Å². The summed E-state index contributed by atoms with van der Waals surface area (Å²) >= 11 is 0. The number of carbonyl (C=O) groups is 1. The van der Waals surface area contributed by atoms with Gasteiger partial charge in [0.2, 0.25) is 5.71 Å². The Hall–Kier alpha value is -2.44. The molecule has 7 nitrogen and oxygen atoms in total. The van der Waals surface area contributed by atoms with E-state index >= 15 is 0 Å². The smallest absolute Gasteiger partial charge is 0.361 e. The van der Waals surface area contributed by atoms with E-state index in [1.807, 2.05) is 44.2 Å². The molecule has 0 spiro atoms. The quantitative estimate of drug-likeness (QED) is 0.484. The summed E-state index contributed by atoms with van der Waals surface area (Å²) in [4.78, 5) is 22.0. The molecular formula is C14H19N3O4. The van der Waals surface area contributed by atoms with Crippen molar-refractivity contribution in [3.05, 3.63) is 40.4 Å². The Morgan fingerprint density at radius 3 is 2.52 bits per heavy atom. The second-order valence-corrected chi connectivity index (χ2v) is 4.03. The molecule has 2 rings (SSSR count). The standard InChI is InChI=1S/C12H13N3O4.C2H6/c1-19-12(16)11-10(15(17)18)7-8-14(13-11)9-5-3-2-4-6-9;1-2/h2-6,10H,7-8H2,1H3;1-2H3. The maximum absolute atomic E-state index is 11.6. The summed E-state index contributed by atoms with van der Waals surface area (Å²) in [5.41, 5.74) is 0.619. The van der Waals surface area contributed by atoms with Crippen molar-refractivity contribution in [3.63, 3.8) is 0 Å². The van der Waals surface area contributed by atoms with E-state index in [1.165, 1.54) is 7.11 Å². The Morgan fingerprint density at radius 1 is 1.38 bits per heavy atom. The van der Waals surface area contributed by atoms with Gasteiger partial charge in [-0.15, -0.1) is 0 Å². The summed E-state index contributed by atoms with van der Waals surface area (Å²) in [7, 11) is 1.18. The normalized spacial score (nSPS) is 17.2. The van der Waals surface area contributed by atoms with Crippen LogP contribution in [0.1, 0.15) is 20.3 Å². The topological polar surface area (TPSA) is 85.0 Å². The lowest BCUT2D eigenvalue weighted by atomic mass is 10.1. The minimum atomic E-state index is -1.10. The highest BCUT2D eigenvalue weighted by Gasteiger charge is 2.38. The Labute approximate surface area is 123 Å². The number of hydrazone groups is 1. The zero-order valence-corrected chi connectivity index (χ0v) is 12.4. The molecular weight excluding hydrogens is 274 g/mol.